The molecule has 0 aliphatic heterocycles. The number of para-hydroxylation sites is 1. The van der Waals surface area contributed by atoms with Gasteiger partial charge in [0.2, 0.25) is 0 Å². The highest BCUT2D eigenvalue weighted by Crippen LogP contribution is 2.38. The van der Waals surface area contributed by atoms with Crippen LogP contribution in [0.15, 0.2) is 200 Å². The maximum absolute atomic E-state index is 5.20. The van der Waals surface area contributed by atoms with Crippen molar-refractivity contribution >= 4 is 54.0 Å². The van der Waals surface area contributed by atoms with Crippen molar-refractivity contribution in [1.29, 1.82) is 0 Å². The number of nitrogens with zero attached hydrogens (tertiary/aromatic N) is 3. The molecule has 0 aliphatic carbocycles. The largest absolute Gasteiger partial charge is 0.247 e. The molecular weight excluding hydrogens is 679 g/mol. The maximum atomic E-state index is 5.20. The van der Waals surface area contributed by atoms with Crippen LogP contribution in [0.4, 0.5) is 0 Å². The zero-order valence-corrected chi connectivity index (χ0v) is 30.4. The van der Waals surface area contributed by atoms with Crippen molar-refractivity contribution in [2.24, 2.45) is 0 Å². The normalized spacial score (nSPS) is 11.6. The van der Waals surface area contributed by atoms with Gasteiger partial charge < -0.3 is 0 Å². The van der Waals surface area contributed by atoms with Crippen LogP contribution in [0.1, 0.15) is 0 Å². The van der Waals surface area contributed by atoms with E-state index in [1.54, 1.807) is 0 Å². The minimum atomic E-state index is 0.707. The van der Waals surface area contributed by atoms with Crippen LogP contribution in [0, 0.1) is 0 Å². The van der Waals surface area contributed by atoms with Crippen LogP contribution in [0.5, 0.6) is 0 Å². The molecule has 2 heterocycles. The summed E-state index contributed by atoms with van der Waals surface area (Å²) in [4.78, 5) is 15.5. The lowest BCUT2D eigenvalue weighted by atomic mass is 9.94. The van der Waals surface area contributed by atoms with Gasteiger partial charge in [-0.05, 0) is 67.7 Å². The minimum absolute atomic E-state index is 0.707. The molecule has 0 saturated carbocycles. The van der Waals surface area contributed by atoms with Crippen molar-refractivity contribution in [2.45, 2.75) is 0 Å². The molecule has 3 heteroatoms. The third kappa shape index (κ3) is 5.57. The molecule has 2 aromatic heterocycles. The summed E-state index contributed by atoms with van der Waals surface area (Å²) in [6, 6.07) is 71.0. The molecule has 0 atom stereocenters. The lowest BCUT2D eigenvalue weighted by Crippen LogP contribution is -1.96. The third-order valence-corrected chi connectivity index (χ3v) is 11.0. The first-order valence-corrected chi connectivity index (χ1v) is 19.0. The van der Waals surface area contributed by atoms with Gasteiger partial charge in [-0.15, -0.1) is 0 Å². The van der Waals surface area contributed by atoms with E-state index in [0.29, 0.717) is 5.82 Å². The standard InChI is InChI=1S/C53H33N3/c1-3-12-41-31-43(27-21-34(41)9-1)50-33-49(55-53(56-50)44-28-22-35-10-2-4-13-42(35)32-44)39-23-17-36(18-24-39)37-19-25-40(26-20-37)52-47-30-29-38-11-5-6-14-45(38)51(47)46-15-7-8-16-48(46)54-52/h1-33H. The number of aromatic nitrogens is 3. The molecule has 0 aliphatic rings. The predicted molar refractivity (Wildman–Crippen MR) is 235 cm³/mol. The zero-order valence-electron chi connectivity index (χ0n) is 30.4. The summed E-state index contributed by atoms with van der Waals surface area (Å²) in [6.07, 6.45) is 0. The second-order valence-corrected chi connectivity index (χ2v) is 14.4. The van der Waals surface area contributed by atoms with Crippen molar-refractivity contribution < 1.29 is 0 Å². The highest BCUT2D eigenvalue weighted by atomic mass is 14.9. The summed E-state index contributed by atoms with van der Waals surface area (Å²) in [7, 11) is 0. The molecule has 11 aromatic rings. The van der Waals surface area contributed by atoms with Gasteiger partial charge in [-0.3, -0.25) is 0 Å². The Morgan fingerprint density at radius 3 is 1.45 bits per heavy atom. The van der Waals surface area contributed by atoms with Gasteiger partial charge in [0.25, 0.3) is 0 Å². The molecule has 11 rings (SSSR count). The first-order valence-electron chi connectivity index (χ1n) is 19.0. The SMILES string of the molecule is c1ccc2cc(-c3cc(-c4ccc(-c5ccc(-c6nc7ccccc7c7c6ccc6ccccc67)cc5)cc4)nc(-c4ccc5ccccc5c4)n3)ccc2c1. The van der Waals surface area contributed by atoms with E-state index in [9.17, 15) is 0 Å². The summed E-state index contributed by atoms with van der Waals surface area (Å²) < 4.78 is 0. The van der Waals surface area contributed by atoms with Crippen molar-refractivity contribution in [1.82, 2.24) is 15.0 Å². The fourth-order valence-electron chi connectivity index (χ4n) is 8.15. The van der Waals surface area contributed by atoms with E-state index in [4.69, 9.17) is 15.0 Å². The van der Waals surface area contributed by atoms with Crippen LogP contribution >= 0.6 is 0 Å². The molecule has 260 valence electrons. The Bertz CT molecular complexity index is 3180. The number of hydrogen-bond donors (Lipinski definition) is 0. The topological polar surface area (TPSA) is 38.7 Å². The molecule has 0 N–H and O–H groups in total. The summed E-state index contributed by atoms with van der Waals surface area (Å²) in [5.74, 6) is 0.707. The van der Waals surface area contributed by atoms with Crippen LogP contribution in [0.3, 0.4) is 0 Å². The van der Waals surface area contributed by atoms with Gasteiger partial charge >= 0.3 is 0 Å². The lowest BCUT2D eigenvalue weighted by molar-refractivity contribution is 1.18. The summed E-state index contributed by atoms with van der Waals surface area (Å²) in [6.45, 7) is 0. The smallest absolute Gasteiger partial charge is 0.160 e. The molecule has 9 aromatic carbocycles. The van der Waals surface area contributed by atoms with Crippen molar-refractivity contribution in [3.8, 4) is 56.3 Å². The maximum Gasteiger partial charge on any atom is 0.160 e. The van der Waals surface area contributed by atoms with Gasteiger partial charge in [-0.25, -0.2) is 15.0 Å². The second-order valence-electron chi connectivity index (χ2n) is 14.4. The van der Waals surface area contributed by atoms with Crippen molar-refractivity contribution in [2.75, 3.05) is 0 Å². The fourth-order valence-corrected chi connectivity index (χ4v) is 8.15. The van der Waals surface area contributed by atoms with E-state index >= 15 is 0 Å². The first kappa shape index (κ1) is 32.0. The third-order valence-electron chi connectivity index (χ3n) is 11.0. The molecular formula is C53H33N3. The molecule has 0 unspecified atom stereocenters. The van der Waals surface area contributed by atoms with Crippen molar-refractivity contribution in [3.05, 3.63) is 200 Å². The molecule has 0 bridgehead atoms. The minimum Gasteiger partial charge on any atom is -0.247 e. The summed E-state index contributed by atoms with van der Waals surface area (Å²) in [5, 5.41) is 10.8. The predicted octanol–water partition coefficient (Wildman–Crippen LogP) is 14.0. The van der Waals surface area contributed by atoms with E-state index < -0.39 is 0 Å². The highest BCUT2D eigenvalue weighted by Gasteiger charge is 2.15. The molecule has 3 nitrogen and oxygen atoms in total. The van der Waals surface area contributed by atoms with Gasteiger partial charge in [0.05, 0.1) is 22.6 Å². The number of benzene rings is 9. The average molecular weight is 712 g/mol. The van der Waals surface area contributed by atoms with Crippen LogP contribution in [0.25, 0.3) is 110 Å². The lowest BCUT2D eigenvalue weighted by Gasteiger charge is -2.13. The number of fused-ring (bicyclic) bond motifs is 7. The van der Waals surface area contributed by atoms with E-state index in [-0.39, 0.29) is 0 Å². The number of rotatable bonds is 5. The van der Waals surface area contributed by atoms with Gasteiger partial charge in [0.15, 0.2) is 5.82 Å². The molecule has 0 radical (unpaired) electrons. The van der Waals surface area contributed by atoms with E-state index in [2.05, 4.69) is 200 Å². The first-order chi connectivity index (χ1) is 27.7. The molecule has 0 saturated heterocycles. The number of hydrogen-bond acceptors (Lipinski definition) is 3. The van der Waals surface area contributed by atoms with Crippen LogP contribution in [0.2, 0.25) is 0 Å². The van der Waals surface area contributed by atoms with E-state index in [1.165, 1.54) is 43.1 Å². The van der Waals surface area contributed by atoms with Crippen molar-refractivity contribution in [3.63, 3.8) is 0 Å². The van der Waals surface area contributed by atoms with Gasteiger partial charge in [0.1, 0.15) is 0 Å². The van der Waals surface area contributed by atoms with E-state index in [1.807, 2.05) is 0 Å². The van der Waals surface area contributed by atoms with Gasteiger partial charge in [-0.1, -0.05) is 176 Å². The number of pyridine rings is 1. The average Bonchev–Trinajstić information content (AvgIpc) is 3.28. The van der Waals surface area contributed by atoms with Crippen LogP contribution in [-0.2, 0) is 0 Å². The Morgan fingerprint density at radius 1 is 0.268 bits per heavy atom. The molecule has 0 amide bonds. The molecule has 0 spiro atoms. The highest BCUT2D eigenvalue weighted by molar-refractivity contribution is 6.22. The quantitative estimate of drug-likeness (QED) is 0.167. The monoisotopic (exact) mass is 711 g/mol. The Labute approximate surface area is 324 Å². The van der Waals surface area contributed by atoms with E-state index in [0.717, 1.165) is 61.4 Å². The van der Waals surface area contributed by atoms with Crippen LogP contribution in [-0.4, -0.2) is 15.0 Å². The molecule has 0 fully saturated rings. The Balaban J connectivity index is 0.969. The Kier molecular flexibility index (Phi) is 7.49. The van der Waals surface area contributed by atoms with Gasteiger partial charge in [-0.2, -0.15) is 0 Å². The summed E-state index contributed by atoms with van der Waals surface area (Å²) >= 11 is 0. The Morgan fingerprint density at radius 2 is 0.750 bits per heavy atom. The van der Waals surface area contributed by atoms with Gasteiger partial charge in [0, 0.05) is 38.4 Å². The zero-order chi connectivity index (χ0) is 37.0. The summed E-state index contributed by atoms with van der Waals surface area (Å²) in [5.41, 5.74) is 10.3. The van der Waals surface area contributed by atoms with Crippen LogP contribution < -0.4 is 0 Å². The fraction of sp³-hybridized carbons (Fsp3) is 0. The molecule has 56 heavy (non-hydrogen) atoms. The Hall–Kier alpha value is -7.49. The second kappa shape index (κ2) is 13.1.